The summed E-state index contributed by atoms with van der Waals surface area (Å²) in [6.07, 6.45) is 1.97. The van der Waals surface area contributed by atoms with E-state index < -0.39 is 24.3 Å². The number of thiol groups is 1. The monoisotopic (exact) mass is 334 g/mol. The number of carboxylic acids is 1. The van der Waals surface area contributed by atoms with Gasteiger partial charge in [0.05, 0.1) is 17.6 Å². The molecule has 1 N–H and O–H groups in total. The van der Waals surface area contributed by atoms with Crippen molar-refractivity contribution >= 4 is 31.8 Å². The van der Waals surface area contributed by atoms with Gasteiger partial charge in [0, 0.05) is 5.75 Å². The van der Waals surface area contributed by atoms with Crippen LogP contribution in [0.2, 0.25) is 0 Å². The molecule has 0 radical (unpaired) electrons. The van der Waals surface area contributed by atoms with E-state index in [9.17, 15) is 4.79 Å². The predicted octanol–water partition coefficient (Wildman–Crippen LogP) is 3.26. The highest BCUT2D eigenvalue weighted by molar-refractivity contribution is 7.80. The molecule has 0 bridgehead atoms. The molecular weight excluding hydrogens is 311 g/mol. The van der Waals surface area contributed by atoms with Crippen LogP contribution < -0.4 is 0 Å². The Morgan fingerprint density at radius 2 is 1.87 bits per heavy atom. The third kappa shape index (κ3) is 4.19. The Labute approximate surface area is 143 Å². The topological polar surface area (TPSA) is 55.8 Å². The summed E-state index contributed by atoms with van der Waals surface area (Å²) in [5.41, 5.74) is 1.80. The minimum absolute atomic E-state index is 0.00831. The molecule has 0 saturated carbocycles. The lowest BCUT2D eigenvalue weighted by molar-refractivity contribution is -0.136. The van der Waals surface area contributed by atoms with Crippen LogP contribution in [0.15, 0.2) is 29.7 Å². The zero-order valence-corrected chi connectivity index (χ0v) is 14.9. The normalized spacial score (nSPS) is 19.9. The van der Waals surface area contributed by atoms with Crippen molar-refractivity contribution in [3.8, 4) is 0 Å². The van der Waals surface area contributed by atoms with Crippen molar-refractivity contribution in [1.82, 2.24) is 0 Å². The Morgan fingerprint density at radius 3 is 2.39 bits per heavy atom. The first-order valence-corrected chi connectivity index (χ1v) is 8.25. The van der Waals surface area contributed by atoms with Gasteiger partial charge in [0.15, 0.2) is 0 Å². The Morgan fingerprint density at radius 1 is 1.26 bits per heavy atom. The third-order valence-corrected chi connectivity index (χ3v) is 4.76. The summed E-state index contributed by atoms with van der Waals surface area (Å²) in [6, 6.07) is 7.45. The zero-order chi connectivity index (χ0) is 17.3. The fourth-order valence-electron chi connectivity index (χ4n) is 2.36. The van der Waals surface area contributed by atoms with Gasteiger partial charge in [-0.1, -0.05) is 30.3 Å². The van der Waals surface area contributed by atoms with Gasteiger partial charge >= 0.3 is 13.1 Å². The van der Waals surface area contributed by atoms with E-state index in [1.54, 1.807) is 6.07 Å². The van der Waals surface area contributed by atoms with Crippen LogP contribution in [0.25, 0.3) is 6.08 Å². The van der Waals surface area contributed by atoms with Crippen LogP contribution in [-0.2, 0) is 20.5 Å². The molecule has 0 aliphatic carbocycles. The highest BCUT2D eigenvalue weighted by Crippen LogP contribution is 2.39. The molecule has 6 heteroatoms. The Balaban J connectivity index is 2.25. The van der Waals surface area contributed by atoms with E-state index in [-0.39, 0.29) is 6.42 Å². The lowest BCUT2D eigenvalue weighted by Gasteiger charge is -2.32. The van der Waals surface area contributed by atoms with Crippen molar-refractivity contribution in [2.45, 2.75) is 45.3 Å². The molecule has 0 atom stereocenters. The number of hydrogen-bond acceptors (Lipinski definition) is 4. The van der Waals surface area contributed by atoms with Gasteiger partial charge in [-0.25, -0.2) is 0 Å². The van der Waals surface area contributed by atoms with Crippen molar-refractivity contribution < 1.29 is 19.2 Å². The SMILES string of the molecule is CC1(C)OB(C(=Cc2cccc(CC(=O)O)c2)CS)OC1(C)C. The van der Waals surface area contributed by atoms with E-state index in [4.69, 9.17) is 14.4 Å². The van der Waals surface area contributed by atoms with Crippen molar-refractivity contribution in [2.75, 3.05) is 5.75 Å². The van der Waals surface area contributed by atoms with Gasteiger partial charge in [0.1, 0.15) is 0 Å². The van der Waals surface area contributed by atoms with Crippen molar-refractivity contribution in [3.63, 3.8) is 0 Å². The van der Waals surface area contributed by atoms with Crippen LogP contribution >= 0.6 is 12.6 Å². The summed E-state index contributed by atoms with van der Waals surface area (Å²) >= 11 is 4.39. The van der Waals surface area contributed by atoms with E-state index in [2.05, 4.69) is 12.6 Å². The van der Waals surface area contributed by atoms with Gasteiger partial charge in [0.2, 0.25) is 0 Å². The lowest BCUT2D eigenvalue weighted by atomic mass is 9.78. The van der Waals surface area contributed by atoms with Crippen LogP contribution in [0.5, 0.6) is 0 Å². The van der Waals surface area contributed by atoms with E-state index >= 15 is 0 Å². The maximum absolute atomic E-state index is 10.8. The molecule has 124 valence electrons. The standard InChI is InChI=1S/C17H23BO4S/c1-16(2)17(3,4)22-18(21-16)14(11-23)9-12-6-5-7-13(8-12)10-15(19)20/h5-9,23H,10-11H2,1-4H3,(H,19,20). The van der Waals surface area contributed by atoms with Gasteiger partial charge in [-0.15, -0.1) is 0 Å². The van der Waals surface area contributed by atoms with E-state index in [1.165, 1.54) is 0 Å². The lowest BCUT2D eigenvalue weighted by Crippen LogP contribution is -2.41. The quantitative estimate of drug-likeness (QED) is 0.641. The summed E-state index contributed by atoms with van der Waals surface area (Å²) in [4.78, 5) is 10.8. The van der Waals surface area contributed by atoms with Crippen molar-refractivity contribution in [2.24, 2.45) is 0 Å². The number of carbonyl (C=O) groups is 1. The Hall–Kier alpha value is -1.24. The highest BCUT2D eigenvalue weighted by Gasteiger charge is 2.52. The Bertz CT molecular complexity index is 609. The summed E-state index contributed by atoms with van der Waals surface area (Å²) in [5, 5.41) is 8.91. The molecule has 1 aliphatic rings. The van der Waals surface area contributed by atoms with Crippen LogP contribution in [0, 0.1) is 0 Å². The maximum Gasteiger partial charge on any atom is 0.491 e. The molecule has 23 heavy (non-hydrogen) atoms. The average Bonchev–Trinajstić information content (AvgIpc) is 2.64. The number of hydrogen-bond donors (Lipinski definition) is 2. The largest absolute Gasteiger partial charge is 0.491 e. The molecule has 1 saturated heterocycles. The zero-order valence-electron chi connectivity index (χ0n) is 14.0. The first kappa shape index (κ1) is 18.1. The van der Waals surface area contributed by atoms with Crippen LogP contribution in [0.4, 0.5) is 0 Å². The minimum Gasteiger partial charge on any atom is -0.481 e. The summed E-state index contributed by atoms with van der Waals surface area (Å²) < 4.78 is 12.1. The van der Waals surface area contributed by atoms with E-state index in [0.717, 1.165) is 16.6 Å². The highest BCUT2D eigenvalue weighted by atomic mass is 32.1. The minimum atomic E-state index is -0.841. The second kappa shape index (κ2) is 6.71. The number of benzene rings is 1. The molecule has 0 spiro atoms. The molecule has 2 rings (SSSR count). The predicted molar refractivity (Wildman–Crippen MR) is 95.7 cm³/mol. The smallest absolute Gasteiger partial charge is 0.481 e. The maximum atomic E-state index is 10.8. The van der Waals surface area contributed by atoms with Crippen LogP contribution in [0.3, 0.4) is 0 Å². The number of carboxylic acid groups (broad SMARTS) is 1. The molecular formula is C17H23BO4S. The van der Waals surface area contributed by atoms with Gasteiger partial charge < -0.3 is 14.4 Å². The van der Waals surface area contributed by atoms with Gasteiger partial charge in [-0.2, -0.15) is 12.6 Å². The van der Waals surface area contributed by atoms with Crippen LogP contribution in [0.1, 0.15) is 38.8 Å². The fraction of sp³-hybridized carbons (Fsp3) is 0.471. The average molecular weight is 334 g/mol. The van der Waals surface area contributed by atoms with Gasteiger partial charge in [-0.3, -0.25) is 4.79 Å². The van der Waals surface area contributed by atoms with E-state index in [0.29, 0.717) is 5.75 Å². The van der Waals surface area contributed by atoms with Gasteiger partial charge in [0.25, 0.3) is 0 Å². The summed E-state index contributed by atoms with van der Waals surface area (Å²) in [7, 11) is -0.444. The first-order valence-electron chi connectivity index (χ1n) is 7.62. The second-order valence-electron chi connectivity index (χ2n) is 6.78. The molecule has 1 heterocycles. The number of rotatable bonds is 5. The molecule has 0 unspecified atom stereocenters. The molecule has 0 amide bonds. The van der Waals surface area contributed by atoms with Crippen LogP contribution in [-0.4, -0.2) is 35.1 Å². The second-order valence-corrected chi connectivity index (χ2v) is 7.10. The summed E-state index contributed by atoms with van der Waals surface area (Å²) in [6.45, 7) is 8.04. The molecule has 0 aromatic heterocycles. The molecule has 1 aromatic rings. The molecule has 1 fully saturated rings. The molecule has 1 aromatic carbocycles. The van der Waals surface area contributed by atoms with Crippen molar-refractivity contribution in [1.29, 1.82) is 0 Å². The third-order valence-electron chi connectivity index (χ3n) is 4.40. The Kier molecular flexibility index (Phi) is 5.28. The van der Waals surface area contributed by atoms with E-state index in [1.807, 2.05) is 52.0 Å². The molecule has 4 nitrogen and oxygen atoms in total. The molecule has 1 aliphatic heterocycles. The van der Waals surface area contributed by atoms with Gasteiger partial charge in [-0.05, 0) is 44.3 Å². The fourth-order valence-corrected chi connectivity index (χ4v) is 2.60. The number of aliphatic carboxylic acids is 1. The summed E-state index contributed by atoms with van der Waals surface area (Å²) in [5.74, 6) is -0.341. The first-order chi connectivity index (χ1) is 10.6. The van der Waals surface area contributed by atoms with Crippen molar-refractivity contribution in [3.05, 3.63) is 40.9 Å².